The van der Waals surface area contributed by atoms with Crippen LogP contribution in [0.2, 0.25) is 0 Å². The zero-order valence-electron chi connectivity index (χ0n) is 11.4. The zero-order valence-corrected chi connectivity index (χ0v) is 12.9. The van der Waals surface area contributed by atoms with Gasteiger partial charge in [0.1, 0.15) is 6.04 Å². The lowest BCUT2D eigenvalue weighted by Crippen LogP contribution is -2.35. The minimum Gasteiger partial charge on any atom is -0.296 e. The van der Waals surface area contributed by atoms with Crippen LogP contribution in [0.3, 0.4) is 0 Å². The van der Waals surface area contributed by atoms with Crippen LogP contribution in [0.25, 0.3) is 0 Å². The van der Waals surface area contributed by atoms with E-state index in [1.165, 1.54) is 12.1 Å². The molecule has 0 spiro atoms. The van der Waals surface area contributed by atoms with Crippen LogP contribution in [0.5, 0.6) is 0 Å². The van der Waals surface area contributed by atoms with Crippen molar-refractivity contribution in [3.8, 4) is 0 Å². The maximum absolute atomic E-state index is 13.3. The summed E-state index contributed by atoms with van der Waals surface area (Å²) < 4.78 is 40.7. The topological polar surface area (TPSA) is 12.0 Å². The fraction of sp³-hybridized carbons (Fsp3) is 0.250. The lowest BCUT2D eigenvalue weighted by molar-refractivity contribution is -0.159. The molecule has 0 aliphatic carbocycles. The van der Waals surface area contributed by atoms with Gasteiger partial charge in [-0.3, -0.25) is 5.32 Å². The minimum absolute atomic E-state index is 0.215. The van der Waals surface area contributed by atoms with Crippen LogP contribution in [0.1, 0.15) is 30.1 Å². The number of halogens is 4. The van der Waals surface area contributed by atoms with E-state index in [9.17, 15) is 13.2 Å². The van der Waals surface area contributed by atoms with Crippen LogP contribution in [0.15, 0.2) is 59.1 Å². The molecule has 0 aromatic heterocycles. The molecule has 0 amide bonds. The molecule has 1 N–H and O–H groups in total. The van der Waals surface area contributed by atoms with Crippen LogP contribution >= 0.6 is 15.9 Å². The Morgan fingerprint density at radius 2 is 1.57 bits per heavy atom. The highest BCUT2D eigenvalue weighted by atomic mass is 79.9. The molecule has 1 nitrogen and oxygen atoms in total. The first-order valence-electron chi connectivity index (χ1n) is 6.51. The van der Waals surface area contributed by atoms with Crippen LogP contribution in [-0.2, 0) is 0 Å². The van der Waals surface area contributed by atoms with Gasteiger partial charge in [-0.15, -0.1) is 0 Å². The third-order valence-electron chi connectivity index (χ3n) is 3.23. The molecular weight excluding hydrogens is 343 g/mol. The summed E-state index contributed by atoms with van der Waals surface area (Å²) in [6.07, 6.45) is -4.35. The summed E-state index contributed by atoms with van der Waals surface area (Å²) in [7, 11) is 0. The van der Waals surface area contributed by atoms with Gasteiger partial charge in [0.25, 0.3) is 0 Å². The highest BCUT2D eigenvalue weighted by molar-refractivity contribution is 9.10. The molecule has 1 unspecified atom stereocenters. The molecule has 21 heavy (non-hydrogen) atoms. The summed E-state index contributed by atoms with van der Waals surface area (Å²) >= 11 is 3.33. The molecule has 112 valence electrons. The molecule has 0 aliphatic heterocycles. The molecule has 0 fully saturated rings. The molecule has 0 bridgehead atoms. The predicted octanol–water partition coefficient (Wildman–Crippen LogP) is 5.40. The molecular formula is C16H15BrF3N. The summed E-state index contributed by atoms with van der Waals surface area (Å²) in [6.45, 7) is 1.73. The number of hydrogen-bond donors (Lipinski definition) is 1. The van der Waals surface area contributed by atoms with Gasteiger partial charge in [-0.25, -0.2) is 0 Å². The van der Waals surface area contributed by atoms with E-state index in [-0.39, 0.29) is 5.56 Å². The van der Waals surface area contributed by atoms with Gasteiger partial charge in [0.2, 0.25) is 0 Å². The molecule has 2 rings (SSSR count). The van der Waals surface area contributed by atoms with Gasteiger partial charge in [-0.2, -0.15) is 13.2 Å². The van der Waals surface area contributed by atoms with E-state index in [1.54, 1.807) is 31.2 Å². The first-order chi connectivity index (χ1) is 9.88. The van der Waals surface area contributed by atoms with Gasteiger partial charge in [-0.1, -0.05) is 58.4 Å². The van der Waals surface area contributed by atoms with E-state index in [0.29, 0.717) is 0 Å². The SMILES string of the molecule is C[C@H](NC(c1ccccc1)C(F)(F)F)c1cccc(Br)c1. The second-order valence-electron chi connectivity index (χ2n) is 4.83. The van der Waals surface area contributed by atoms with Gasteiger partial charge in [0, 0.05) is 10.5 Å². The van der Waals surface area contributed by atoms with E-state index in [1.807, 2.05) is 18.2 Å². The summed E-state index contributed by atoms with van der Waals surface area (Å²) in [5.41, 5.74) is 1.02. The zero-order chi connectivity index (χ0) is 15.5. The number of nitrogens with one attached hydrogen (secondary N) is 1. The monoisotopic (exact) mass is 357 g/mol. The second kappa shape index (κ2) is 6.62. The van der Waals surface area contributed by atoms with Crippen LogP contribution in [0.4, 0.5) is 13.2 Å². The third kappa shape index (κ3) is 4.32. The highest BCUT2D eigenvalue weighted by Crippen LogP contribution is 2.34. The molecule has 2 aromatic rings. The molecule has 5 heteroatoms. The van der Waals surface area contributed by atoms with E-state index in [2.05, 4.69) is 21.2 Å². The average Bonchev–Trinajstić information content (AvgIpc) is 2.44. The lowest BCUT2D eigenvalue weighted by atomic mass is 10.0. The van der Waals surface area contributed by atoms with E-state index in [4.69, 9.17) is 0 Å². The standard InChI is InChI=1S/C16H15BrF3N/c1-11(13-8-5-9-14(17)10-13)21-15(16(18,19)20)12-6-3-2-4-7-12/h2-11,15,21H,1H3/t11-,15?/m0/s1. The number of benzene rings is 2. The Bertz CT molecular complexity index is 584. The first-order valence-corrected chi connectivity index (χ1v) is 7.30. The predicted molar refractivity (Wildman–Crippen MR) is 80.9 cm³/mol. The molecule has 0 heterocycles. The quantitative estimate of drug-likeness (QED) is 0.771. The Hall–Kier alpha value is -1.33. The molecule has 2 aromatic carbocycles. The lowest BCUT2D eigenvalue weighted by Gasteiger charge is -2.26. The summed E-state index contributed by atoms with van der Waals surface area (Å²) in [5.74, 6) is 0. The molecule has 2 atom stereocenters. The Balaban J connectivity index is 2.24. The van der Waals surface area contributed by atoms with Crippen molar-refractivity contribution in [2.75, 3.05) is 0 Å². The Morgan fingerprint density at radius 1 is 0.952 bits per heavy atom. The van der Waals surface area contributed by atoms with E-state index >= 15 is 0 Å². The maximum Gasteiger partial charge on any atom is 0.407 e. The van der Waals surface area contributed by atoms with Gasteiger partial charge in [-0.05, 0) is 30.2 Å². The fourth-order valence-electron chi connectivity index (χ4n) is 2.15. The molecule has 0 aliphatic rings. The Morgan fingerprint density at radius 3 is 2.14 bits per heavy atom. The Labute approximate surface area is 130 Å². The van der Waals surface area contributed by atoms with Crippen molar-refractivity contribution in [3.05, 3.63) is 70.2 Å². The van der Waals surface area contributed by atoms with E-state index < -0.39 is 18.3 Å². The average molecular weight is 358 g/mol. The Kier molecular flexibility index (Phi) is 5.06. The van der Waals surface area contributed by atoms with Gasteiger partial charge in [0.15, 0.2) is 0 Å². The highest BCUT2D eigenvalue weighted by Gasteiger charge is 2.41. The molecule has 0 saturated heterocycles. The third-order valence-corrected chi connectivity index (χ3v) is 3.72. The summed E-state index contributed by atoms with van der Waals surface area (Å²) in [5, 5.41) is 2.67. The van der Waals surface area contributed by atoms with Crippen molar-refractivity contribution >= 4 is 15.9 Å². The second-order valence-corrected chi connectivity index (χ2v) is 5.74. The van der Waals surface area contributed by atoms with Crippen molar-refractivity contribution in [3.63, 3.8) is 0 Å². The van der Waals surface area contributed by atoms with Crippen molar-refractivity contribution in [2.24, 2.45) is 0 Å². The maximum atomic E-state index is 13.3. The van der Waals surface area contributed by atoms with Crippen molar-refractivity contribution in [1.82, 2.24) is 5.32 Å². The minimum atomic E-state index is -4.35. The molecule has 0 radical (unpaired) electrons. The molecule has 0 saturated carbocycles. The largest absolute Gasteiger partial charge is 0.407 e. The number of rotatable bonds is 4. The van der Waals surface area contributed by atoms with Gasteiger partial charge < -0.3 is 0 Å². The van der Waals surface area contributed by atoms with Crippen molar-refractivity contribution in [2.45, 2.75) is 25.2 Å². The van der Waals surface area contributed by atoms with E-state index in [0.717, 1.165) is 10.0 Å². The normalized spacial score (nSPS) is 14.7. The van der Waals surface area contributed by atoms with Gasteiger partial charge >= 0.3 is 6.18 Å². The van der Waals surface area contributed by atoms with Crippen LogP contribution < -0.4 is 5.32 Å². The summed E-state index contributed by atoms with van der Waals surface area (Å²) in [6, 6.07) is 13.1. The van der Waals surface area contributed by atoms with Crippen LogP contribution in [0, 0.1) is 0 Å². The smallest absolute Gasteiger partial charge is 0.296 e. The number of alkyl halides is 3. The van der Waals surface area contributed by atoms with Gasteiger partial charge in [0.05, 0.1) is 0 Å². The van der Waals surface area contributed by atoms with Crippen LogP contribution in [-0.4, -0.2) is 6.18 Å². The number of hydrogen-bond acceptors (Lipinski definition) is 1. The summed E-state index contributed by atoms with van der Waals surface area (Å²) in [4.78, 5) is 0. The first kappa shape index (κ1) is 16.0. The van der Waals surface area contributed by atoms with Crippen molar-refractivity contribution in [1.29, 1.82) is 0 Å². The van der Waals surface area contributed by atoms with Crippen molar-refractivity contribution < 1.29 is 13.2 Å². The fourth-order valence-corrected chi connectivity index (χ4v) is 2.56.